The highest BCUT2D eigenvalue weighted by atomic mass is 35.5. The lowest BCUT2D eigenvalue weighted by Crippen LogP contribution is -2.24. The lowest BCUT2D eigenvalue weighted by atomic mass is 10.2. The number of rotatable bonds is 8. The monoisotopic (exact) mass is 344 g/mol. The normalized spacial score (nSPS) is 10.4. The highest BCUT2D eigenvalue weighted by molar-refractivity contribution is 6.30. The van der Waals surface area contributed by atoms with Gasteiger partial charge in [-0.2, -0.15) is 5.10 Å². The lowest BCUT2D eigenvalue weighted by Gasteiger charge is -2.07. The summed E-state index contributed by atoms with van der Waals surface area (Å²) in [5.41, 5.74) is 3.14. The van der Waals surface area contributed by atoms with E-state index in [4.69, 9.17) is 21.1 Å². The first-order valence-corrected chi connectivity index (χ1v) is 7.60. The van der Waals surface area contributed by atoms with Gasteiger partial charge in [-0.15, -0.1) is 0 Å². The molecule has 124 valence electrons. The number of carbonyl (C=O) groups excluding carboxylic acids is 1. The molecule has 2 aromatic rings. The van der Waals surface area contributed by atoms with Crippen LogP contribution in [0.2, 0.25) is 5.02 Å². The van der Waals surface area contributed by atoms with E-state index < -0.39 is 0 Å². The molecule has 0 spiro atoms. The number of carbonyl (C=O) groups is 1. The van der Waals surface area contributed by atoms with Crippen molar-refractivity contribution < 1.29 is 14.3 Å². The predicted molar refractivity (Wildman–Crippen MR) is 94.8 cm³/mol. The van der Waals surface area contributed by atoms with Crippen LogP contribution in [0.25, 0.3) is 0 Å². The fourth-order valence-electron chi connectivity index (χ4n) is 1.78. The summed E-state index contributed by atoms with van der Waals surface area (Å²) >= 11 is 5.84. The average molecular weight is 345 g/mol. The molecular weight excluding hydrogens is 328 g/mol. The van der Waals surface area contributed by atoms with Crippen LogP contribution in [0.1, 0.15) is 5.56 Å². The summed E-state index contributed by atoms with van der Waals surface area (Å²) in [6.45, 7) is 3.84. The molecule has 0 fully saturated rings. The Bertz CT molecular complexity index is 732. The number of hydrogen-bond acceptors (Lipinski definition) is 4. The van der Waals surface area contributed by atoms with Gasteiger partial charge in [-0.05, 0) is 30.3 Å². The van der Waals surface area contributed by atoms with Gasteiger partial charge in [-0.3, -0.25) is 4.79 Å². The molecule has 2 aromatic carbocycles. The second-order valence-corrected chi connectivity index (χ2v) is 5.11. The molecule has 6 heteroatoms. The maximum Gasteiger partial charge on any atom is 0.277 e. The number of ether oxygens (including phenoxy) is 2. The molecule has 0 heterocycles. The van der Waals surface area contributed by atoms with Crippen LogP contribution in [0.4, 0.5) is 0 Å². The number of amides is 1. The largest absolute Gasteiger partial charge is 0.489 e. The second kappa shape index (κ2) is 9.37. The smallest absolute Gasteiger partial charge is 0.277 e. The molecule has 0 aliphatic rings. The van der Waals surface area contributed by atoms with E-state index >= 15 is 0 Å². The molecule has 0 saturated carbocycles. The van der Waals surface area contributed by atoms with Crippen LogP contribution in [-0.4, -0.2) is 25.3 Å². The van der Waals surface area contributed by atoms with Gasteiger partial charge in [0.2, 0.25) is 0 Å². The Morgan fingerprint density at radius 3 is 2.83 bits per heavy atom. The predicted octanol–water partition coefficient (Wildman–Crippen LogP) is 3.43. The molecule has 1 amide bonds. The third-order valence-corrected chi connectivity index (χ3v) is 3.07. The molecule has 0 atom stereocenters. The average Bonchev–Trinajstić information content (AvgIpc) is 2.59. The molecule has 5 nitrogen and oxygen atoms in total. The van der Waals surface area contributed by atoms with E-state index in [0.717, 1.165) is 5.56 Å². The van der Waals surface area contributed by atoms with Gasteiger partial charge in [0, 0.05) is 10.6 Å². The van der Waals surface area contributed by atoms with Crippen molar-refractivity contribution in [3.63, 3.8) is 0 Å². The Labute approximate surface area is 145 Å². The maximum atomic E-state index is 11.7. The van der Waals surface area contributed by atoms with E-state index in [1.54, 1.807) is 30.3 Å². The quantitative estimate of drug-likeness (QED) is 0.453. The minimum atomic E-state index is -0.379. The molecule has 0 unspecified atom stereocenters. The Hall–Kier alpha value is -2.79. The fraction of sp³-hybridized carbons (Fsp3) is 0.111. The second-order valence-electron chi connectivity index (χ2n) is 4.68. The molecule has 0 aliphatic carbocycles. The fourth-order valence-corrected chi connectivity index (χ4v) is 1.96. The van der Waals surface area contributed by atoms with Gasteiger partial charge in [0.05, 0.1) is 6.21 Å². The van der Waals surface area contributed by atoms with Crippen molar-refractivity contribution in [3.05, 3.63) is 71.8 Å². The highest BCUT2D eigenvalue weighted by Gasteiger charge is 2.03. The molecule has 24 heavy (non-hydrogen) atoms. The number of hydrazone groups is 1. The summed E-state index contributed by atoms with van der Waals surface area (Å²) in [4.78, 5) is 11.7. The van der Waals surface area contributed by atoms with E-state index in [1.807, 2.05) is 24.3 Å². The van der Waals surface area contributed by atoms with Gasteiger partial charge in [-0.25, -0.2) is 5.43 Å². The van der Waals surface area contributed by atoms with E-state index in [-0.39, 0.29) is 12.5 Å². The van der Waals surface area contributed by atoms with Crippen molar-refractivity contribution in [1.29, 1.82) is 0 Å². The Balaban J connectivity index is 1.85. The van der Waals surface area contributed by atoms with Crippen LogP contribution in [0, 0.1) is 0 Å². The third-order valence-electron chi connectivity index (χ3n) is 2.83. The first-order valence-electron chi connectivity index (χ1n) is 7.22. The molecule has 0 aromatic heterocycles. The zero-order chi connectivity index (χ0) is 17.2. The van der Waals surface area contributed by atoms with Crippen LogP contribution >= 0.6 is 11.6 Å². The number of nitrogens with one attached hydrogen (secondary N) is 1. The number of nitrogens with zero attached hydrogens (tertiary/aromatic N) is 1. The number of hydrogen-bond donors (Lipinski definition) is 1. The summed E-state index contributed by atoms with van der Waals surface area (Å²) < 4.78 is 10.8. The maximum absolute atomic E-state index is 11.7. The third kappa shape index (κ3) is 5.78. The summed E-state index contributed by atoms with van der Waals surface area (Å²) in [5.74, 6) is 0.797. The van der Waals surface area contributed by atoms with Gasteiger partial charge >= 0.3 is 0 Å². The Morgan fingerprint density at radius 2 is 2.04 bits per heavy atom. The Morgan fingerprint density at radius 1 is 1.21 bits per heavy atom. The Kier molecular flexibility index (Phi) is 6.86. The highest BCUT2D eigenvalue weighted by Crippen LogP contribution is 2.17. The topological polar surface area (TPSA) is 59.9 Å². The minimum absolute atomic E-state index is 0.160. The van der Waals surface area contributed by atoms with E-state index in [0.29, 0.717) is 23.1 Å². The molecular formula is C18H17ClN2O3. The number of para-hydroxylation sites is 1. The molecule has 1 N–H and O–H groups in total. The standard InChI is InChI=1S/C18H17ClN2O3/c1-2-10-23-17-9-4-3-6-14(17)12-20-21-18(22)13-24-16-8-5-7-15(19)11-16/h2-9,11-12H,1,10,13H2,(H,21,22). The molecule has 2 rings (SSSR count). The van der Waals surface area contributed by atoms with Gasteiger partial charge in [0.1, 0.15) is 18.1 Å². The first-order chi connectivity index (χ1) is 11.7. The van der Waals surface area contributed by atoms with Crippen molar-refractivity contribution in [1.82, 2.24) is 5.43 Å². The van der Waals surface area contributed by atoms with Crippen molar-refractivity contribution in [2.75, 3.05) is 13.2 Å². The first kappa shape index (κ1) is 17.6. The van der Waals surface area contributed by atoms with Crippen LogP contribution in [0.15, 0.2) is 66.3 Å². The van der Waals surface area contributed by atoms with Crippen LogP contribution in [0.3, 0.4) is 0 Å². The van der Waals surface area contributed by atoms with E-state index in [2.05, 4.69) is 17.1 Å². The summed E-state index contributed by atoms with van der Waals surface area (Å²) in [6, 6.07) is 14.2. The molecule has 0 bridgehead atoms. The van der Waals surface area contributed by atoms with Crippen molar-refractivity contribution in [2.24, 2.45) is 5.10 Å². The van der Waals surface area contributed by atoms with Gasteiger partial charge in [0.15, 0.2) is 6.61 Å². The number of benzene rings is 2. The van der Waals surface area contributed by atoms with E-state index in [1.165, 1.54) is 6.21 Å². The summed E-state index contributed by atoms with van der Waals surface area (Å²) in [7, 11) is 0. The molecule has 0 aliphatic heterocycles. The zero-order valence-corrected chi connectivity index (χ0v) is 13.7. The van der Waals surface area contributed by atoms with Gasteiger partial charge in [-0.1, -0.05) is 42.5 Å². The van der Waals surface area contributed by atoms with Gasteiger partial charge < -0.3 is 9.47 Å². The van der Waals surface area contributed by atoms with Gasteiger partial charge in [0.25, 0.3) is 5.91 Å². The SMILES string of the molecule is C=CCOc1ccccc1C=NNC(=O)COc1cccc(Cl)c1. The van der Waals surface area contributed by atoms with Crippen molar-refractivity contribution >= 4 is 23.7 Å². The van der Waals surface area contributed by atoms with Crippen LogP contribution in [-0.2, 0) is 4.79 Å². The lowest BCUT2D eigenvalue weighted by molar-refractivity contribution is -0.123. The molecule has 0 radical (unpaired) electrons. The minimum Gasteiger partial charge on any atom is -0.489 e. The van der Waals surface area contributed by atoms with Crippen molar-refractivity contribution in [2.45, 2.75) is 0 Å². The molecule has 0 saturated heterocycles. The zero-order valence-electron chi connectivity index (χ0n) is 12.9. The van der Waals surface area contributed by atoms with Crippen LogP contribution < -0.4 is 14.9 Å². The van der Waals surface area contributed by atoms with Crippen LogP contribution in [0.5, 0.6) is 11.5 Å². The van der Waals surface area contributed by atoms with E-state index in [9.17, 15) is 4.79 Å². The summed E-state index contributed by atoms with van der Waals surface area (Å²) in [6.07, 6.45) is 3.17. The number of halogens is 1. The van der Waals surface area contributed by atoms with Crippen molar-refractivity contribution in [3.8, 4) is 11.5 Å². The summed E-state index contributed by atoms with van der Waals surface area (Å²) in [5, 5.41) is 4.45.